The fourth-order valence-electron chi connectivity index (χ4n) is 4.72. The van der Waals surface area contributed by atoms with E-state index in [1.807, 2.05) is 4.90 Å². The van der Waals surface area contributed by atoms with Crippen molar-refractivity contribution in [3.8, 4) is 11.5 Å². The second kappa shape index (κ2) is 8.81. The standard InChI is InChI=1S/C22H30N2O6/c1-28-19-12-16(2-3-18(19)25)13-20(26)24-6-4-22(5-7-24)14-17(30-21(22)27)15-23-8-10-29-11-9-23/h2-3,12,17,25H,4-11,13-15H2,1H3. The third-order valence-corrected chi connectivity index (χ3v) is 6.56. The van der Waals surface area contributed by atoms with Crippen LogP contribution in [0.1, 0.15) is 24.8 Å². The van der Waals surface area contributed by atoms with Gasteiger partial charge in [-0.3, -0.25) is 14.5 Å². The number of cyclic esters (lactones) is 1. The minimum absolute atomic E-state index is 0.0221. The lowest BCUT2D eigenvalue weighted by molar-refractivity contribution is -0.153. The predicted octanol–water partition coefficient (Wildman–Crippen LogP) is 1.20. The van der Waals surface area contributed by atoms with Crippen molar-refractivity contribution in [2.24, 2.45) is 5.41 Å². The Balaban J connectivity index is 1.30. The van der Waals surface area contributed by atoms with Crippen molar-refractivity contribution in [2.75, 3.05) is 53.0 Å². The fraction of sp³-hybridized carbons (Fsp3) is 0.636. The minimum Gasteiger partial charge on any atom is -0.504 e. The number of hydrogen-bond donors (Lipinski definition) is 1. The molecule has 3 fully saturated rings. The van der Waals surface area contributed by atoms with Gasteiger partial charge in [-0.05, 0) is 30.5 Å². The number of carbonyl (C=O) groups is 2. The van der Waals surface area contributed by atoms with Gasteiger partial charge in [-0.1, -0.05) is 6.07 Å². The van der Waals surface area contributed by atoms with E-state index in [0.717, 1.165) is 44.8 Å². The number of phenols is 1. The van der Waals surface area contributed by atoms with E-state index in [-0.39, 0.29) is 30.2 Å². The Labute approximate surface area is 176 Å². The van der Waals surface area contributed by atoms with Crippen LogP contribution >= 0.6 is 0 Å². The molecule has 3 aliphatic heterocycles. The molecule has 4 rings (SSSR count). The third kappa shape index (κ3) is 4.39. The van der Waals surface area contributed by atoms with Gasteiger partial charge in [-0.15, -0.1) is 0 Å². The number of benzene rings is 1. The average molecular weight is 418 g/mol. The number of phenolic OH excluding ortho intramolecular Hbond substituents is 1. The average Bonchev–Trinajstić information content (AvgIpc) is 3.04. The number of methoxy groups -OCH3 is 1. The first-order valence-electron chi connectivity index (χ1n) is 10.6. The Kier molecular flexibility index (Phi) is 6.15. The van der Waals surface area contributed by atoms with Crippen LogP contribution in [0.2, 0.25) is 0 Å². The molecule has 0 aliphatic carbocycles. The smallest absolute Gasteiger partial charge is 0.312 e. The monoisotopic (exact) mass is 418 g/mol. The molecule has 164 valence electrons. The Hall–Kier alpha value is -2.32. The molecule has 1 aromatic carbocycles. The van der Waals surface area contributed by atoms with Crippen LogP contribution in [0.25, 0.3) is 0 Å². The molecule has 0 saturated carbocycles. The van der Waals surface area contributed by atoms with Gasteiger partial charge < -0.3 is 24.2 Å². The van der Waals surface area contributed by atoms with Gasteiger partial charge in [0.25, 0.3) is 0 Å². The first kappa shape index (κ1) is 20.9. The number of rotatable bonds is 5. The molecule has 3 aliphatic rings. The Morgan fingerprint density at radius 3 is 2.67 bits per heavy atom. The van der Waals surface area contributed by atoms with Gasteiger partial charge in [0.05, 0.1) is 32.2 Å². The zero-order valence-electron chi connectivity index (χ0n) is 17.5. The molecule has 1 unspecified atom stereocenters. The molecule has 1 aromatic rings. The minimum atomic E-state index is -0.449. The highest BCUT2D eigenvalue weighted by Gasteiger charge is 2.51. The van der Waals surface area contributed by atoms with Gasteiger partial charge in [-0.25, -0.2) is 0 Å². The molecule has 0 aromatic heterocycles. The molecule has 1 atom stereocenters. The highest BCUT2D eigenvalue weighted by atomic mass is 16.6. The van der Waals surface area contributed by atoms with Gasteiger partial charge in [-0.2, -0.15) is 0 Å². The highest BCUT2D eigenvalue weighted by Crippen LogP contribution is 2.43. The number of ether oxygens (including phenoxy) is 3. The highest BCUT2D eigenvalue weighted by molar-refractivity contribution is 5.81. The van der Waals surface area contributed by atoms with E-state index in [1.54, 1.807) is 12.1 Å². The molecule has 8 nitrogen and oxygen atoms in total. The number of carbonyl (C=O) groups excluding carboxylic acids is 2. The summed E-state index contributed by atoms with van der Waals surface area (Å²) in [5, 5.41) is 9.71. The van der Waals surface area contributed by atoms with Crippen LogP contribution < -0.4 is 4.74 Å². The topological polar surface area (TPSA) is 88.5 Å². The lowest BCUT2D eigenvalue weighted by Gasteiger charge is -2.36. The van der Waals surface area contributed by atoms with Gasteiger partial charge in [0.2, 0.25) is 5.91 Å². The van der Waals surface area contributed by atoms with Crippen molar-refractivity contribution < 1.29 is 28.9 Å². The number of piperidine rings is 1. The molecule has 30 heavy (non-hydrogen) atoms. The van der Waals surface area contributed by atoms with Crippen LogP contribution in [-0.2, 0) is 25.5 Å². The fourth-order valence-corrected chi connectivity index (χ4v) is 4.72. The number of aromatic hydroxyl groups is 1. The Morgan fingerprint density at radius 2 is 1.97 bits per heavy atom. The Morgan fingerprint density at radius 1 is 1.23 bits per heavy atom. The summed E-state index contributed by atoms with van der Waals surface area (Å²) in [6.07, 6.45) is 2.21. The SMILES string of the molecule is COc1cc(CC(=O)N2CCC3(CC2)CC(CN2CCOCC2)OC3=O)ccc1O. The number of likely N-dealkylation sites (tertiary alicyclic amines) is 1. The zero-order chi connectivity index (χ0) is 21.1. The summed E-state index contributed by atoms with van der Waals surface area (Å²) in [6, 6.07) is 4.95. The quantitative estimate of drug-likeness (QED) is 0.719. The second-order valence-corrected chi connectivity index (χ2v) is 8.49. The Bertz CT molecular complexity index is 784. The maximum atomic E-state index is 12.8. The van der Waals surface area contributed by atoms with Crippen molar-refractivity contribution >= 4 is 11.9 Å². The van der Waals surface area contributed by atoms with E-state index in [0.29, 0.717) is 31.7 Å². The number of esters is 1. The van der Waals surface area contributed by atoms with Crippen LogP contribution in [0.3, 0.4) is 0 Å². The molecule has 0 bridgehead atoms. The second-order valence-electron chi connectivity index (χ2n) is 8.49. The van der Waals surface area contributed by atoms with Crippen LogP contribution in [0.4, 0.5) is 0 Å². The summed E-state index contributed by atoms with van der Waals surface area (Å²) < 4.78 is 16.2. The van der Waals surface area contributed by atoms with E-state index in [9.17, 15) is 14.7 Å². The van der Waals surface area contributed by atoms with Crippen LogP contribution in [0, 0.1) is 5.41 Å². The normalized spacial score (nSPS) is 24.1. The molecule has 3 heterocycles. The van der Waals surface area contributed by atoms with E-state index < -0.39 is 5.41 Å². The summed E-state index contributed by atoms with van der Waals surface area (Å²) >= 11 is 0. The van der Waals surface area contributed by atoms with Crippen molar-refractivity contribution in [1.29, 1.82) is 0 Å². The molecule has 3 saturated heterocycles. The third-order valence-electron chi connectivity index (χ3n) is 6.56. The largest absolute Gasteiger partial charge is 0.504 e. The molecule has 0 radical (unpaired) electrons. The molecule has 8 heteroatoms. The van der Waals surface area contributed by atoms with Crippen molar-refractivity contribution in [1.82, 2.24) is 9.80 Å². The molecular formula is C22H30N2O6. The van der Waals surface area contributed by atoms with Crippen molar-refractivity contribution in [2.45, 2.75) is 31.8 Å². The first-order valence-corrected chi connectivity index (χ1v) is 10.6. The summed E-state index contributed by atoms with van der Waals surface area (Å²) in [5.41, 5.74) is 0.343. The van der Waals surface area contributed by atoms with E-state index in [4.69, 9.17) is 14.2 Å². The summed E-state index contributed by atoms with van der Waals surface area (Å²) in [4.78, 5) is 29.5. The van der Waals surface area contributed by atoms with Gasteiger partial charge in [0.15, 0.2) is 11.5 Å². The van der Waals surface area contributed by atoms with Gasteiger partial charge >= 0.3 is 5.97 Å². The van der Waals surface area contributed by atoms with Crippen molar-refractivity contribution in [3.05, 3.63) is 23.8 Å². The summed E-state index contributed by atoms with van der Waals surface area (Å²) in [7, 11) is 1.48. The number of hydrogen-bond acceptors (Lipinski definition) is 7. The van der Waals surface area contributed by atoms with Crippen LogP contribution in [0.5, 0.6) is 11.5 Å². The number of nitrogens with zero attached hydrogens (tertiary/aromatic N) is 2. The predicted molar refractivity (Wildman–Crippen MR) is 108 cm³/mol. The summed E-state index contributed by atoms with van der Waals surface area (Å²) in [6.45, 7) is 5.12. The number of morpholine rings is 1. The molecule has 1 amide bonds. The zero-order valence-corrected chi connectivity index (χ0v) is 17.5. The molecule has 1 spiro atoms. The first-order chi connectivity index (χ1) is 14.5. The number of amides is 1. The van der Waals surface area contributed by atoms with E-state index in [1.165, 1.54) is 13.2 Å². The van der Waals surface area contributed by atoms with Crippen molar-refractivity contribution in [3.63, 3.8) is 0 Å². The lowest BCUT2D eigenvalue weighted by atomic mass is 9.76. The van der Waals surface area contributed by atoms with Gasteiger partial charge in [0.1, 0.15) is 6.10 Å². The van der Waals surface area contributed by atoms with E-state index >= 15 is 0 Å². The molecular weight excluding hydrogens is 388 g/mol. The van der Waals surface area contributed by atoms with Gasteiger partial charge in [0, 0.05) is 39.1 Å². The maximum absolute atomic E-state index is 12.8. The molecule has 1 N–H and O–H groups in total. The van der Waals surface area contributed by atoms with Crippen LogP contribution in [-0.4, -0.2) is 85.9 Å². The maximum Gasteiger partial charge on any atom is 0.312 e. The van der Waals surface area contributed by atoms with Crippen LogP contribution in [0.15, 0.2) is 18.2 Å². The summed E-state index contributed by atoms with van der Waals surface area (Å²) in [5.74, 6) is 0.336. The van der Waals surface area contributed by atoms with E-state index in [2.05, 4.69) is 4.90 Å². The lowest BCUT2D eigenvalue weighted by Crippen LogP contribution is -2.45.